The molecule has 0 rings (SSSR count). The summed E-state index contributed by atoms with van der Waals surface area (Å²) in [6.45, 7) is 5.84. The molecule has 1 atom stereocenters. The first-order valence-electron chi connectivity index (χ1n) is 4.36. The molecule has 0 aromatic heterocycles. The second-order valence-corrected chi connectivity index (χ2v) is 2.93. The third-order valence-corrected chi connectivity index (χ3v) is 1.97. The van der Waals surface area contributed by atoms with Gasteiger partial charge in [-0.3, -0.25) is 9.59 Å². The van der Waals surface area contributed by atoms with Crippen LogP contribution in [0, 0.1) is 0 Å². The molecule has 1 unspecified atom stereocenters. The maximum atomic E-state index is 11.1. The molecule has 0 radical (unpaired) electrons. The van der Waals surface area contributed by atoms with E-state index in [0.717, 1.165) is 0 Å². The predicted molar refractivity (Wildman–Crippen MR) is 49.2 cm³/mol. The average Bonchev–Trinajstić information content (AvgIpc) is 2.04. The average molecular weight is 187 g/mol. The molecule has 0 aliphatic heterocycles. The largest absolute Gasteiger partial charge is 0.469 e. The molecule has 0 saturated carbocycles. The van der Waals surface area contributed by atoms with Crippen LogP contribution in [0.1, 0.15) is 27.2 Å². The number of carbonyl (C=O) groups excluding carboxylic acids is 2. The summed E-state index contributed by atoms with van der Waals surface area (Å²) in [5.74, 6) is -0.300. The highest BCUT2D eigenvalue weighted by Crippen LogP contribution is 2.04. The van der Waals surface area contributed by atoms with Gasteiger partial charge in [-0.05, 0) is 13.8 Å². The minimum absolute atomic E-state index is 0.0149. The van der Waals surface area contributed by atoms with Gasteiger partial charge in [-0.2, -0.15) is 0 Å². The van der Waals surface area contributed by atoms with Crippen molar-refractivity contribution in [2.75, 3.05) is 13.7 Å². The zero-order valence-corrected chi connectivity index (χ0v) is 8.66. The number of ether oxygens (including phenoxy) is 1. The van der Waals surface area contributed by atoms with Gasteiger partial charge in [0.25, 0.3) is 0 Å². The predicted octanol–water partition coefficient (Wildman–Crippen LogP) is 0.806. The Morgan fingerprint density at radius 3 is 2.31 bits per heavy atom. The highest BCUT2D eigenvalue weighted by Gasteiger charge is 2.17. The lowest BCUT2D eigenvalue weighted by atomic mass is 10.2. The summed E-state index contributed by atoms with van der Waals surface area (Å²) in [6.07, 6.45) is 0.254. The number of hydrogen-bond donors (Lipinski definition) is 0. The molecule has 13 heavy (non-hydrogen) atoms. The van der Waals surface area contributed by atoms with Gasteiger partial charge in [0.1, 0.15) is 0 Å². The number of hydrogen-bond acceptors (Lipinski definition) is 3. The smallest absolute Gasteiger partial charge is 0.307 e. The first-order valence-corrected chi connectivity index (χ1v) is 4.36. The summed E-state index contributed by atoms with van der Waals surface area (Å²) < 4.78 is 4.52. The molecular weight excluding hydrogens is 170 g/mol. The van der Waals surface area contributed by atoms with Gasteiger partial charge in [-0.25, -0.2) is 0 Å². The minimum atomic E-state index is -0.285. The number of rotatable bonds is 4. The van der Waals surface area contributed by atoms with E-state index in [9.17, 15) is 9.59 Å². The minimum Gasteiger partial charge on any atom is -0.469 e. The zero-order valence-electron chi connectivity index (χ0n) is 8.66. The molecule has 0 heterocycles. The Bertz CT molecular complexity index is 191. The van der Waals surface area contributed by atoms with E-state index in [1.54, 1.807) is 4.90 Å². The van der Waals surface area contributed by atoms with Crippen LogP contribution in [-0.2, 0) is 14.3 Å². The van der Waals surface area contributed by atoms with Gasteiger partial charge in [0.15, 0.2) is 0 Å². The van der Waals surface area contributed by atoms with Crippen molar-refractivity contribution in [1.82, 2.24) is 4.90 Å². The van der Waals surface area contributed by atoms with E-state index >= 15 is 0 Å². The number of esters is 1. The zero-order chi connectivity index (χ0) is 10.4. The topological polar surface area (TPSA) is 46.6 Å². The lowest BCUT2D eigenvalue weighted by Gasteiger charge is -2.25. The van der Waals surface area contributed by atoms with Crippen LogP contribution < -0.4 is 0 Å². The third-order valence-electron chi connectivity index (χ3n) is 1.97. The fraction of sp³-hybridized carbons (Fsp3) is 0.778. The molecule has 0 bridgehead atoms. The standard InChI is InChI=1S/C9H17NO3/c1-5-10(8(3)11)7(2)6-9(12)13-4/h7H,5-6H2,1-4H3. The van der Waals surface area contributed by atoms with Crippen molar-refractivity contribution in [3.8, 4) is 0 Å². The van der Waals surface area contributed by atoms with Crippen molar-refractivity contribution < 1.29 is 14.3 Å². The lowest BCUT2D eigenvalue weighted by molar-refractivity contribution is -0.143. The van der Waals surface area contributed by atoms with Crippen molar-refractivity contribution in [2.24, 2.45) is 0 Å². The first kappa shape index (κ1) is 11.9. The molecule has 4 nitrogen and oxygen atoms in total. The highest BCUT2D eigenvalue weighted by atomic mass is 16.5. The van der Waals surface area contributed by atoms with Gasteiger partial charge in [-0.15, -0.1) is 0 Å². The fourth-order valence-corrected chi connectivity index (χ4v) is 1.28. The van der Waals surface area contributed by atoms with E-state index in [-0.39, 0.29) is 24.3 Å². The van der Waals surface area contributed by atoms with E-state index in [0.29, 0.717) is 6.54 Å². The van der Waals surface area contributed by atoms with Crippen molar-refractivity contribution in [1.29, 1.82) is 0 Å². The van der Waals surface area contributed by atoms with Crippen molar-refractivity contribution >= 4 is 11.9 Å². The van der Waals surface area contributed by atoms with Crippen molar-refractivity contribution in [3.05, 3.63) is 0 Å². The maximum absolute atomic E-state index is 11.1. The van der Waals surface area contributed by atoms with Crippen LogP contribution in [0.25, 0.3) is 0 Å². The van der Waals surface area contributed by atoms with E-state index in [2.05, 4.69) is 4.74 Å². The number of nitrogens with zero attached hydrogens (tertiary/aromatic N) is 1. The van der Waals surface area contributed by atoms with E-state index < -0.39 is 0 Å². The van der Waals surface area contributed by atoms with Gasteiger partial charge in [0, 0.05) is 19.5 Å². The Hall–Kier alpha value is -1.06. The van der Waals surface area contributed by atoms with Gasteiger partial charge in [-0.1, -0.05) is 0 Å². The van der Waals surface area contributed by atoms with Gasteiger partial charge in [0.05, 0.1) is 13.5 Å². The molecule has 0 aliphatic rings. The summed E-state index contributed by atoms with van der Waals surface area (Å²) in [4.78, 5) is 23.6. The molecule has 4 heteroatoms. The summed E-state index contributed by atoms with van der Waals surface area (Å²) >= 11 is 0. The van der Waals surface area contributed by atoms with E-state index in [1.165, 1.54) is 14.0 Å². The molecule has 1 amide bonds. The Morgan fingerprint density at radius 2 is 2.00 bits per heavy atom. The summed E-state index contributed by atoms with van der Waals surface area (Å²) in [5, 5.41) is 0. The molecule has 0 fully saturated rings. The van der Waals surface area contributed by atoms with Crippen molar-refractivity contribution in [2.45, 2.75) is 33.2 Å². The van der Waals surface area contributed by atoms with Gasteiger partial charge in [0.2, 0.25) is 5.91 Å². The Labute approximate surface area is 78.9 Å². The monoisotopic (exact) mass is 187 g/mol. The van der Waals surface area contributed by atoms with Crippen LogP contribution in [0.4, 0.5) is 0 Å². The first-order chi connectivity index (χ1) is 6.02. The normalized spacial score (nSPS) is 12.0. The van der Waals surface area contributed by atoms with E-state index in [4.69, 9.17) is 0 Å². The Kier molecular flexibility index (Phi) is 5.11. The van der Waals surface area contributed by atoms with Gasteiger partial charge < -0.3 is 9.64 Å². The summed E-state index contributed by atoms with van der Waals surface area (Å²) in [7, 11) is 1.35. The van der Waals surface area contributed by atoms with E-state index in [1.807, 2.05) is 13.8 Å². The van der Waals surface area contributed by atoms with Gasteiger partial charge >= 0.3 is 5.97 Å². The summed E-state index contributed by atoms with van der Waals surface area (Å²) in [6, 6.07) is -0.0880. The van der Waals surface area contributed by atoms with Crippen LogP contribution in [0.5, 0.6) is 0 Å². The van der Waals surface area contributed by atoms with Crippen LogP contribution >= 0.6 is 0 Å². The summed E-state index contributed by atoms with van der Waals surface area (Å²) in [5.41, 5.74) is 0. The number of carbonyl (C=O) groups is 2. The quantitative estimate of drug-likeness (QED) is 0.612. The molecule has 0 aromatic rings. The van der Waals surface area contributed by atoms with Crippen LogP contribution in [-0.4, -0.2) is 36.5 Å². The highest BCUT2D eigenvalue weighted by molar-refractivity contribution is 5.75. The fourth-order valence-electron chi connectivity index (χ4n) is 1.28. The van der Waals surface area contributed by atoms with Crippen molar-refractivity contribution in [3.63, 3.8) is 0 Å². The second kappa shape index (κ2) is 5.56. The lowest BCUT2D eigenvalue weighted by Crippen LogP contribution is -2.38. The molecule has 76 valence electrons. The Morgan fingerprint density at radius 1 is 1.46 bits per heavy atom. The molecule has 0 aromatic carbocycles. The number of methoxy groups -OCH3 is 1. The Balaban J connectivity index is 4.13. The molecule has 0 spiro atoms. The molecule has 0 aliphatic carbocycles. The second-order valence-electron chi connectivity index (χ2n) is 2.93. The molecule has 0 saturated heterocycles. The van der Waals surface area contributed by atoms with Crippen LogP contribution in [0.2, 0.25) is 0 Å². The third kappa shape index (κ3) is 3.92. The molecule has 0 N–H and O–H groups in total. The van der Waals surface area contributed by atoms with Crippen LogP contribution in [0.3, 0.4) is 0 Å². The SMILES string of the molecule is CCN(C(C)=O)C(C)CC(=O)OC. The maximum Gasteiger partial charge on any atom is 0.307 e. The molecular formula is C9H17NO3. The number of amides is 1. The van der Waals surface area contributed by atoms with Crippen LogP contribution in [0.15, 0.2) is 0 Å².